The van der Waals surface area contributed by atoms with Crippen LogP contribution in [-0.2, 0) is 24.9 Å². The zero-order chi connectivity index (χ0) is 19.2. The van der Waals surface area contributed by atoms with Crippen LogP contribution in [0.1, 0.15) is 30.1 Å². The highest BCUT2D eigenvalue weighted by Gasteiger charge is 2.17. The third kappa shape index (κ3) is 5.20. The van der Waals surface area contributed by atoms with Gasteiger partial charge in [0, 0.05) is 38.8 Å². The molecular weight excluding hydrogens is 364 g/mol. The van der Waals surface area contributed by atoms with E-state index < -0.39 is 0 Å². The van der Waals surface area contributed by atoms with E-state index in [1.165, 1.54) is 0 Å². The minimum absolute atomic E-state index is 0.237. The molecule has 0 amide bonds. The second-order valence-corrected chi connectivity index (χ2v) is 7.23. The van der Waals surface area contributed by atoms with E-state index in [1.807, 2.05) is 49.9 Å². The van der Waals surface area contributed by atoms with E-state index in [-0.39, 0.29) is 6.10 Å². The summed E-state index contributed by atoms with van der Waals surface area (Å²) < 4.78 is 7.68. The van der Waals surface area contributed by atoms with Crippen LogP contribution in [0.4, 0.5) is 0 Å². The largest absolute Gasteiger partial charge is 0.376 e. The number of benzene rings is 1. The van der Waals surface area contributed by atoms with Crippen LogP contribution in [0.15, 0.2) is 29.3 Å². The SMILES string of the molecule is Cc1nnc(CN=C(NCC2CCCO2)N(C)Cc2ccccc2Cl)n1C. The molecule has 0 saturated carbocycles. The molecule has 146 valence electrons. The molecule has 0 spiro atoms. The van der Waals surface area contributed by atoms with Crippen LogP contribution in [0.25, 0.3) is 0 Å². The first-order valence-corrected chi connectivity index (χ1v) is 9.61. The van der Waals surface area contributed by atoms with Crippen LogP contribution < -0.4 is 5.32 Å². The van der Waals surface area contributed by atoms with Crippen molar-refractivity contribution in [2.45, 2.75) is 39.0 Å². The maximum absolute atomic E-state index is 6.32. The molecule has 1 unspecified atom stereocenters. The van der Waals surface area contributed by atoms with Crippen LogP contribution in [-0.4, -0.2) is 51.9 Å². The number of aryl methyl sites for hydroxylation is 1. The molecule has 0 aliphatic carbocycles. The average molecular weight is 391 g/mol. The maximum atomic E-state index is 6.32. The predicted octanol–water partition coefficient (Wildman–Crippen LogP) is 2.53. The molecule has 3 rings (SSSR count). The molecule has 1 saturated heterocycles. The Kier molecular flexibility index (Phi) is 6.68. The van der Waals surface area contributed by atoms with Gasteiger partial charge in [0.25, 0.3) is 0 Å². The van der Waals surface area contributed by atoms with Gasteiger partial charge in [0.15, 0.2) is 11.8 Å². The number of nitrogens with zero attached hydrogens (tertiary/aromatic N) is 5. The predicted molar refractivity (Wildman–Crippen MR) is 107 cm³/mol. The van der Waals surface area contributed by atoms with Crippen molar-refractivity contribution in [1.82, 2.24) is 25.0 Å². The van der Waals surface area contributed by atoms with E-state index in [0.29, 0.717) is 13.1 Å². The molecule has 1 fully saturated rings. The zero-order valence-electron chi connectivity index (χ0n) is 16.2. The fraction of sp³-hybridized carbons (Fsp3) is 0.526. The Labute approximate surface area is 165 Å². The Morgan fingerprint density at radius 1 is 1.41 bits per heavy atom. The van der Waals surface area contributed by atoms with Gasteiger partial charge in [0.1, 0.15) is 12.4 Å². The average Bonchev–Trinajstić information content (AvgIpc) is 3.28. The van der Waals surface area contributed by atoms with Crippen molar-refractivity contribution in [3.63, 3.8) is 0 Å². The van der Waals surface area contributed by atoms with Crippen molar-refractivity contribution in [3.05, 3.63) is 46.5 Å². The monoisotopic (exact) mass is 390 g/mol. The molecule has 1 aliphatic rings. The summed E-state index contributed by atoms with van der Waals surface area (Å²) in [5.74, 6) is 2.50. The molecule has 8 heteroatoms. The first-order chi connectivity index (χ1) is 13.0. The normalized spacial score (nSPS) is 17.3. The minimum atomic E-state index is 0.237. The highest BCUT2D eigenvalue weighted by atomic mass is 35.5. The summed E-state index contributed by atoms with van der Waals surface area (Å²) in [5.41, 5.74) is 1.06. The number of hydrogen-bond acceptors (Lipinski definition) is 4. The summed E-state index contributed by atoms with van der Waals surface area (Å²) in [6.07, 6.45) is 2.43. The Balaban J connectivity index is 1.72. The van der Waals surface area contributed by atoms with E-state index in [0.717, 1.165) is 54.2 Å². The fourth-order valence-corrected chi connectivity index (χ4v) is 3.21. The number of ether oxygens (including phenoxy) is 1. The van der Waals surface area contributed by atoms with Gasteiger partial charge in [-0.05, 0) is 31.4 Å². The van der Waals surface area contributed by atoms with Gasteiger partial charge >= 0.3 is 0 Å². The van der Waals surface area contributed by atoms with E-state index in [4.69, 9.17) is 21.3 Å². The Morgan fingerprint density at radius 2 is 2.22 bits per heavy atom. The van der Waals surface area contributed by atoms with Gasteiger partial charge in [-0.3, -0.25) is 0 Å². The van der Waals surface area contributed by atoms with Crippen molar-refractivity contribution < 1.29 is 4.74 Å². The summed E-state index contributed by atoms with van der Waals surface area (Å²) in [4.78, 5) is 6.83. The van der Waals surface area contributed by atoms with Gasteiger partial charge in [0.2, 0.25) is 0 Å². The number of halogens is 1. The molecule has 1 aliphatic heterocycles. The van der Waals surface area contributed by atoms with Crippen molar-refractivity contribution in [2.75, 3.05) is 20.2 Å². The summed E-state index contributed by atoms with van der Waals surface area (Å²) >= 11 is 6.32. The molecule has 0 radical (unpaired) electrons. The highest BCUT2D eigenvalue weighted by molar-refractivity contribution is 6.31. The molecule has 0 bridgehead atoms. The molecule has 7 nitrogen and oxygen atoms in total. The third-order valence-corrected chi connectivity index (χ3v) is 5.16. The summed E-state index contributed by atoms with van der Waals surface area (Å²) in [7, 11) is 3.96. The quantitative estimate of drug-likeness (QED) is 0.606. The van der Waals surface area contributed by atoms with E-state index in [2.05, 4.69) is 20.4 Å². The molecule has 1 aromatic carbocycles. The van der Waals surface area contributed by atoms with Crippen molar-refractivity contribution >= 4 is 17.6 Å². The van der Waals surface area contributed by atoms with Gasteiger partial charge in [-0.15, -0.1) is 10.2 Å². The number of nitrogens with one attached hydrogen (secondary N) is 1. The van der Waals surface area contributed by atoms with Gasteiger partial charge in [-0.1, -0.05) is 29.8 Å². The van der Waals surface area contributed by atoms with Crippen LogP contribution in [0.5, 0.6) is 0 Å². The fourth-order valence-electron chi connectivity index (χ4n) is 3.01. The Bertz CT molecular complexity index is 784. The number of aliphatic imine (C=N–C) groups is 1. The second kappa shape index (κ2) is 9.19. The number of rotatable bonds is 6. The maximum Gasteiger partial charge on any atom is 0.194 e. The van der Waals surface area contributed by atoms with Gasteiger partial charge in [-0.25, -0.2) is 4.99 Å². The Hall–Kier alpha value is -2.12. The zero-order valence-corrected chi connectivity index (χ0v) is 16.9. The first kappa shape index (κ1) is 19.6. The topological polar surface area (TPSA) is 67.6 Å². The highest BCUT2D eigenvalue weighted by Crippen LogP contribution is 2.17. The number of hydrogen-bond donors (Lipinski definition) is 1. The smallest absolute Gasteiger partial charge is 0.194 e. The molecule has 1 aromatic heterocycles. The molecule has 1 atom stereocenters. The van der Waals surface area contributed by atoms with Crippen molar-refractivity contribution in [1.29, 1.82) is 0 Å². The summed E-state index contributed by atoms with van der Waals surface area (Å²) in [6, 6.07) is 7.87. The van der Waals surface area contributed by atoms with Crippen molar-refractivity contribution in [3.8, 4) is 0 Å². The number of aromatic nitrogens is 3. The molecule has 1 N–H and O–H groups in total. The van der Waals surface area contributed by atoms with E-state index in [9.17, 15) is 0 Å². The van der Waals surface area contributed by atoms with Crippen LogP contribution in [0.3, 0.4) is 0 Å². The lowest BCUT2D eigenvalue weighted by atomic mass is 10.2. The molecule has 27 heavy (non-hydrogen) atoms. The van der Waals surface area contributed by atoms with Crippen LogP contribution >= 0.6 is 11.6 Å². The van der Waals surface area contributed by atoms with Gasteiger partial charge in [0.05, 0.1) is 6.10 Å². The molecule has 2 heterocycles. The molecular formula is C19H27ClN6O. The lowest BCUT2D eigenvalue weighted by Gasteiger charge is -2.24. The van der Waals surface area contributed by atoms with Crippen molar-refractivity contribution in [2.24, 2.45) is 12.0 Å². The second-order valence-electron chi connectivity index (χ2n) is 6.83. The lowest BCUT2D eigenvalue weighted by molar-refractivity contribution is 0.113. The summed E-state index contributed by atoms with van der Waals surface area (Å²) in [5, 5.41) is 12.5. The van der Waals surface area contributed by atoms with E-state index >= 15 is 0 Å². The third-order valence-electron chi connectivity index (χ3n) is 4.79. The standard InChI is InChI=1S/C19H27ClN6O/c1-14-23-24-18(26(14)3)12-22-19(21-11-16-8-6-10-27-16)25(2)13-15-7-4-5-9-17(15)20/h4-5,7,9,16H,6,8,10-13H2,1-3H3,(H,21,22). The summed E-state index contributed by atoms with van der Waals surface area (Å²) in [6.45, 7) is 4.63. The van der Waals surface area contributed by atoms with Gasteiger partial charge in [-0.2, -0.15) is 0 Å². The lowest BCUT2D eigenvalue weighted by Crippen LogP contribution is -2.42. The first-order valence-electron chi connectivity index (χ1n) is 9.24. The minimum Gasteiger partial charge on any atom is -0.376 e. The number of guanidine groups is 1. The van der Waals surface area contributed by atoms with Crippen LogP contribution in [0, 0.1) is 6.92 Å². The Morgan fingerprint density at radius 3 is 2.89 bits per heavy atom. The van der Waals surface area contributed by atoms with Crippen LogP contribution in [0.2, 0.25) is 5.02 Å². The van der Waals surface area contributed by atoms with E-state index in [1.54, 1.807) is 0 Å². The van der Waals surface area contributed by atoms with Gasteiger partial charge < -0.3 is 19.5 Å². The molecule has 2 aromatic rings.